The second kappa shape index (κ2) is 11.6. The molecule has 0 aromatic carbocycles. The minimum absolute atomic E-state index is 0.0824. The van der Waals surface area contributed by atoms with Crippen molar-refractivity contribution in [3.8, 4) is 0 Å². The molecule has 0 amide bonds. The molecule has 0 heterocycles. The first kappa shape index (κ1) is 32.6. The molecule has 0 spiro atoms. The van der Waals surface area contributed by atoms with Gasteiger partial charge in [0.1, 0.15) is 12.7 Å². The van der Waals surface area contributed by atoms with Gasteiger partial charge in [-0.2, -0.15) is 0 Å². The largest absolute Gasteiger partial charge is 0.458 e. The van der Waals surface area contributed by atoms with E-state index in [0.717, 1.165) is 36.2 Å². The van der Waals surface area contributed by atoms with Crippen molar-refractivity contribution in [3.63, 3.8) is 0 Å². The fraction of sp³-hybridized carbons (Fsp3) is 0.684. The number of hydrogen-bond acceptors (Lipinski definition) is 4. The molecule has 0 radical (unpaired) electrons. The predicted octanol–water partition coefficient (Wildman–Crippen LogP) is 9.19. The number of fused-ring (bicyclic) bond motifs is 5. The first-order valence-corrected chi connectivity index (χ1v) is 16.1. The number of rotatable bonds is 5. The maximum atomic E-state index is 11.5. The summed E-state index contributed by atoms with van der Waals surface area (Å²) in [5.41, 5.74) is 6.23. The molecule has 4 heteroatoms. The molecule has 7 atom stereocenters. The van der Waals surface area contributed by atoms with Crippen LogP contribution in [0.15, 0.2) is 60.3 Å². The van der Waals surface area contributed by atoms with Crippen LogP contribution < -0.4 is 0 Å². The van der Waals surface area contributed by atoms with E-state index in [4.69, 9.17) is 9.47 Å². The quantitative estimate of drug-likeness (QED) is 0.186. The third-order valence-corrected chi connectivity index (χ3v) is 12.5. The van der Waals surface area contributed by atoms with E-state index >= 15 is 0 Å². The van der Waals surface area contributed by atoms with Gasteiger partial charge in [-0.3, -0.25) is 0 Å². The number of hydrogen-bond donors (Lipinski definition) is 0. The summed E-state index contributed by atoms with van der Waals surface area (Å²) in [4.78, 5) is 22.8. The molecule has 6 bridgehead atoms. The Balaban J connectivity index is 0.000000149. The Morgan fingerprint density at radius 3 is 1.76 bits per heavy atom. The average molecular weight is 577 g/mol. The van der Waals surface area contributed by atoms with Gasteiger partial charge in [-0.25, -0.2) is 9.59 Å². The second-order valence-electron chi connectivity index (χ2n) is 16.0. The van der Waals surface area contributed by atoms with E-state index in [1.807, 2.05) is 0 Å². The molecule has 7 fully saturated rings. The third kappa shape index (κ3) is 5.89. The van der Waals surface area contributed by atoms with Crippen molar-refractivity contribution in [2.24, 2.45) is 51.8 Å². The number of ether oxygens (including phenoxy) is 2. The van der Waals surface area contributed by atoms with Gasteiger partial charge in [0.25, 0.3) is 0 Å². The molecule has 7 saturated carbocycles. The lowest BCUT2D eigenvalue weighted by molar-refractivity contribution is -0.151. The molecule has 9 aliphatic carbocycles. The summed E-state index contributed by atoms with van der Waals surface area (Å²) >= 11 is 0. The van der Waals surface area contributed by atoms with Crippen LogP contribution in [0.4, 0.5) is 0 Å². The molecular formula is C38H56O4. The Morgan fingerprint density at radius 1 is 0.786 bits per heavy atom. The van der Waals surface area contributed by atoms with Crippen LogP contribution in [0.5, 0.6) is 0 Å². The summed E-state index contributed by atoms with van der Waals surface area (Å²) in [6.45, 7) is 33.2. The van der Waals surface area contributed by atoms with Gasteiger partial charge in [-0.1, -0.05) is 79.5 Å². The lowest BCUT2D eigenvalue weighted by atomic mass is 9.47. The van der Waals surface area contributed by atoms with Crippen molar-refractivity contribution in [2.75, 3.05) is 6.61 Å². The molecule has 0 aromatic heterocycles. The highest BCUT2D eigenvalue weighted by Crippen LogP contribution is 2.62. The summed E-state index contributed by atoms with van der Waals surface area (Å²) in [7, 11) is 0. The minimum Gasteiger partial charge on any atom is -0.458 e. The van der Waals surface area contributed by atoms with Crippen LogP contribution in [0.1, 0.15) is 100 Å². The van der Waals surface area contributed by atoms with Gasteiger partial charge in [0, 0.05) is 11.1 Å². The highest BCUT2D eigenvalue weighted by molar-refractivity contribution is 5.87. The van der Waals surface area contributed by atoms with Crippen molar-refractivity contribution >= 4 is 11.9 Å². The van der Waals surface area contributed by atoms with E-state index in [-0.39, 0.29) is 18.0 Å². The van der Waals surface area contributed by atoms with Gasteiger partial charge < -0.3 is 9.47 Å². The predicted molar refractivity (Wildman–Crippen MR) is 171 cm³/mol. The standard InChI is InChI=1S/2C14H20O2.C10H16/c1-8(2)13(15)16-12-7-10-6-11(9(12)3)14(10,4)5;1-9(2)13(15)16-8-10-5-6-11-7-12(10)14(11,3)4;1-7-4-5-8-6-9(7)10(8,2)3/h10-12H,1,3,6-7H2,2,4-5H3;5,11-12H,1,6-8H2,2-4H3;8-9H,1,4-6H2,2-3H3/t10-,11+,12-;11-,12-;8-,9-/m100/s1. The second-order valence-corrected chi connectivity index (χ2v) is 16.0. The van der Waals surface area contributed by atoms with Gasteiger partial charge in [0.05, 0.1) is 0 Å². The van der Waals surface area contributed by atoms with Crippen molar-refractivity contribution in [1.29, 1.82) is 0 Å². The topological polar surface area (TPSA) is 52.6 Å². The molecule has 0 aliphatic heterocycles. The van der Waals surface area contributed by atoms with Crippen LogP contribution in [0.2, 0.25) is 0 Å². The third-order valence-electron chi connectivity index (χ3n) is 12.5. The molecule has 4 nitrogen and oxygen atoms in total. The van der Waals surface area contributed by atoms with Crippen LogP contribution in [-0.2, 0) is 19.1 Å². The molecule has 0 N–H and O–H groups in total. The zero-order valence-corrected chi connectivity index (χ0v) is 27.7. The first-order chi connectivity index (χ1) is 19.4. The summed E-state index contributed by atoms with van der Waals surface area (Å²) in [6.07, 6.45) is 10.9. The zero-order valence-electron chi connectivity index (χ0n) is 27.7. The van der Waals surface area contributed by atoms with Gasteiger partial charge in [-0.05, 0) is 122 Å². The summed E-state index contributed by atoms with van der Waals surface area (Å²) in [6, 6.07) is 0. The normalized spacial score (nSPS) is 35.0. The van der Waals surface area contributed by atoms with E-state index in [1.165, 1.54) is 43.3 Å². The highest BCUT2D eigenvalue weighted by atomic mass is 16.5. The molecule has 9 rings (SSSR count). The molecule has 0 unspecified atom stereocenters. The smallest absolute Gasteiger partial charge is 0.333 e. The van der Waals surface area contributed by atoms with E-state index in [2.05, 4.69) is 73.9 Å². The van der Waals surface area contributed by atoms with E-state index < -0.39 is 0 Å². The maximum absolute atomic E-state index is 11.5. The van der Waals surface area contributed by atoms with E-state index in [9.17, 15) is 9.59 Å². The van der Waals surface area contributed by atoms with Crippen molar-refractivity contribution < 1.29 is 19.1 Å². The summed E-state index contributed by atoms with van der Waals surface area (Å²) in [5.74, 6) is 3.96. The molecule has 0 aromatic rings. The minimum atomic E-state index is -0.287. The number of esters is 2. The van der Waals surface area contributed by atoms with Gasteiger partial charge >= 0.3 is 11.9 Å². The molecule has 232 valence electrons. The van der Waals surface area contributed by atoms with Crippen LogP contribution in [0.25, 0.3) is 0 Å². The van der Waals surface area contributed by atoms with Crippen molar-refractivity contribution in [2.45, 2.75) is 106 Å². The Labute approximate surface area is 255 Å². The van der Waals surface area contributed by atoms with Gasteiger partial charge in [-0.15, -0.1) is 0 Å². The fourth-order valence-electron chi connectivity index (χ4n) is 8.68. The number of allylic oxidation sites excluding steroid dienone is 2. The Bertz CT molecular complexity index is 1190. The Hall–Kier alpha value is -2.36. The molecule has 0 saturated heterocycles. The lowest BCUT2D eigenvalue weighted by Crippen LogP contribution is -2.54. The zero-order chi connectivity index (χ0) is 31.4. The summed E-state index contributed by atoms with van der Waals surface area (Å²) < 4.78 is 10.6. The van der Waals surface area contributed by atoms with E-state index in [1.54, 1.807) is 13.8 Å². The number of carbonyl (C=O) groups excluding carboxylic acids is 2. The lowest BCUT2D eigenvalue weighted by Gasteiger charge is -2.59. The van der Waals surface area contributed by atoms with Gasteiger partial charge in [0.15, 0.2) is 0 Å². The van der Waals surface area contributed by atoms with Crippen LogP contribution in [0.3, 0.4) is 0 Å². The van der Waals surface area contributed by atoms with Gasteiger partial charge in [0.2, 0.25) is 0 Å². The molecule has 9 aliphatic rings. The van der Waals surface area contributed by atoms with Crippen molar-refractivity contribution in [3.05, 3.63) is 60.3 Å². The SMILES string of the molecule is C=C(C)C(=O)OCC1=CC[C@H]2C[C@@H]1C2(C)C.C=C(C)C(=O)O[C@@H]1C[C@H]2C[C@@H](C1=C)C2(C)C.C=C1CC[C@H]2C[C@@H]1C2(C)C. The molecular weight excluding hydrogens is 520 g/mol. The van der Waals surface area contributed by atoms with Crippen LogP contribution in [-0.4, -0.2) is 24.6 Å². The highest BCUT2D eigenvalue weighted by Gasteiger charge is 2.56. The molecule has 42 heavy (non-hydrogen) atoms. The number of carbonyl (C=O) groups is 2. The Kier molecular flexibility index (Phi) is 9.01. The maximum Gasteiger partial charge on any atom is 0.333 e. The Morgan fingerprint density at radius 2 is 1.33 bits per heavy atom. The summed E-state index contributed by atoms with van der Waals surface area (Å²) in [5, 5.41) is 0. The van der Waals surface area contributed by atoms with Crippen LogP contribution >= 0.6 is 0 Å². The average Bonchev–Trinajstić information content (AvgIpc) is 2.92. The van der Waals surface area contributed by atoms with E-state index in [0.29, 0.717) is 51.8 Å². The van der Waals surface area contributed by atoms with Crippen molar-refractivity contribution in [1.82, 2.24) is 0 Å². The first-order valence-electron chi connectivity index (χ1n) is 16.1. The monoisotopic (exact) mass is 576 g/mol. The van der Waals surface area contributed by atoms with Crippen LogP contribution in [0, 0.1) is 51.8 Å². The fourth-order valence-corrected chi connectivity index (χ4v) is 8.68.